The van der Waals surface area contributed by atoms with Gasteiger partial charge in [0.2, 0.25) is 0 Å². The predicted molar refractivity (Wildman–Crippen MR) is 136 cm³/mol. The second-order valence-corrected chi connectivity index (χ2v) is 12.1. The second kappa shape index (κ2) is 11.0. The van der Waals surface area contributed by atoms with Gasteiger partial charge in [0.05, 0.1) is 5.92 Å². The molecule has 1 fully saturated rings. The van der Waals surface area contributed by atoms with Gasteiger partial charge in [0.1, 0.15) is 11.2 Å². The van der Waals surface area contributed by atoms with Gasteiger partial charge < -0.3 is 14.4 Å². The molecule has 1 unspecified atom stereocenters. The number of nitrogens with one attached hydrogen (secondary N) is 1. The van der Waals surface area contributed by atoms with Crippen molar-refractivity contribution in [2.24, 2.45) is 11.8 Å². The zero-order valence-electron chi connectivity index (χ0n) is 22.9. The minimum atomic E-state index is -0.579. The number of nitrogens with zero attached hydrogens (tertiary/aromatic N) is 4. The van der Waals surface area contributed by atoms with E-state index in [2.05, 4.69) is 44.9 Å². The Morgan fingerprint density at radius 2 is 1.69 bits per heavy atom. The Hall–Kier alpha value is -2.97. The van der Waals surface area contributed by atoms with Crippen LogP contribution in [0.3, 0.4) is 0 Å². The quantitative estimate of drug-likeness (QED) is 0.541. The molecule has 1 amide bonds. The van der Waals surface area contributed by atoms with Gasteiger partial charge in [-0.05, 0) is 81.9 Å². The summed E-state index contributed by atoms with van der Waals surface area (Å²) in [5, 5.41) is 14.5. The van der Waals surface area contributed by atoms with Gasteiger partial charge in [-0.2, -0.15) is 0 Å². The lowest BCUT2D eigenvalue weighted by Gasteiger charge is -2.30. The summed E-state index contributed by atoms with van der Waals surface area (Å²) in [6.45, 7) is 16.6. The van der Waals surface area contributed by atoms with Crippen molar-refractivity contribution in [2.45, 2.75) is 91.3 Å². The SMILES string of the molecule is CC(C)[C@H](C(=O)OC(C)(C)C)[C@H](Cc1ccc(C2CCN(C(=O)OC(C)(C)C)C2)cc1)c1nnn[nH]1. The van der Waals surface area contributed by atoms with Crippen LogP contribution >= 0.6 is 0 Å². The number of ether oxygens (including phenoxy) is 2. The molecule has 198 valence electrons. The molecule has 0 radical (unpaired) electrons. The molecule has 3 atom stereocenters. The number of esters is 1. The Morgan fingerprint density at radius 3 is 2.22 bits per heavy atom. The number of aromatic nitrogens is 4. The van der Waals surface area contributed by atoms with E-state index >= 15 is 0 Å². The number of hydrogen-bond acceptors (Lipinski definition) is 7. The van der Waals surface area contributed by atoms with Gasteiger partial charge in [-0.3, -0.25) is 4.79 Å². The summed E-state index contributed by atoms with van der Waals surface area (Å²) in [5.74, 6) is -0.0283. The molecule has 36 heavy (non-hydrogen) atoms. The van der Waals surface area contributed by atoms with Crippen LogP contribution in [0.5, 0.6) is 0 Å². The highest BCUT2D eigenvalue weighted by Crippen LogP contribution is 2.34. The molecule has 2 aromatic rings. The maximum absolute atomic E-state index is 13.2. The standard InChI is InChI=1S/C27H41N5O4/c1-17(2)22(24(33)35-26(3,4)5)21(23-28-30-31-29-23)15-18-9-11-19(12-10-18)20-13-14-32(16-20)25(34)36-27(6,7)8/h9-12,17,20-22H,13-16H2,1-8H3,(H,28,29,30,31)/t20?,21-,22-/m0/s1. The molecule has 1 aromatic carbocycles. The molecule has 9 heteroatoms. The average Bonchev–Trinajstić information content (AvgIpc) is 3.43. The van der Waals surface area contributed by atoms with Crippen LogP contribution in [-0.4, -0.2) is 61.9 Å². The van der Waals surface area contributed by atoms with Crippen LogP contribution in [0, 0.1) is 11.8 Å². The van der Waals surface area contributed by atoms with Crippen LogP contribution in [-0.2, 0) is 20.7 Å². The fourth-order valence-corrected chi connectivity index (χ4v) is 4.69. The van der Waals surface area contributed by atoms with Crippen LogP contribution < -0.4 is 0 Å². The normalized spacial score (nSPS) is 18.2. The number of carbonyl (C=O) groups excluding carboxylic acids is 2. The third-order valence-corrected chi connectivity index (χ3v) is 6.29. The fourth-order valence-electron chi connectivity index (χ4n) is 4.69. The van der Waals surface area contributed by atoms with Crippen LogP contribution in [0.2, 0.25) is 0 Å². The van der Waals surface area contributed by atoms with Gasteiger partial charge in [-0.25, -0.2) is 9.89 Å². The third-order valence-electron chi connectivity index (χ3n) is 6.29. The number of likely N-dealkylation sites (tertiary alicyclic amines) is 1. The lowest BCUT2D eigenvalue weighted by Crippen LogP contribution is -2.35. The molecule has 0 spiro atoms. The molecule has 1 saturated heterocycles. The molecule has 1 aromatic heterocycles. The van der Waals surface area contributed by atoms with E-state index in [-0.39, 0.29) is 29.8 Å². The Labute approximate surface area is 214 Å². The summed E-state index contributed by atoms with van der Waals surface area (Å²) in [6, 6.07) is 8.42. The first-order valence-corrected chi connectivity index (χ1v) is 12.8. The van der Waals surface area contributed by atoms with Crippen molar-refractivity contribution in [1.29, 1.82) is 0 Å². The van der Waals surface area contributed by atoms with Gasteiger partial charge in [-0.15, -0.1) is 5.10 Å². The number of rotatable bonds is 7. The van der Waals surface area contributed by atoms with Gasteiger partial charge >= 0.3 is 12.1 Å². The number of carbonyl (C=O) groups is 2. The molecule has 9 nitrogen and oxygen atoms in total. The van der Waals surface area contributed by atoms with Crippen molar-refractivity contribution in [3.05, 3.63) is 41.2 Å². The maximum Gasteiger partial charge on any atom is 0.410 e. The highest BCUT2D eigenvalue weighted by atomic mass is 16.6. The van der Waals surface area contributed by atoms with E-state index < -0.39 is 17.1 Å². The van der Waals surface area contributed by atoms with Crippen molar-refractivity contribution in [2.75, 3.05) is 13.1 Å². The molecule has 3 rings (SSSR count). The van der Waals surface area contributed by atoms with Gasteiger partial charge in [0, 0.05) is 24.9 Å². The number of amides is 1. The molecule has 0 saturated carbocycles. The average molecular weight is 500 g/mol. The summed E-state index contributed by atoms with van der Waals surface area (Å²) >= 11 is 0. The summed E-state index contributed by atoms with van der Waals surface area (Å²) in [4.78, 5) is 27.4. The largest absolute Gasteiger partial charge is 0.460 e. The monoisotopic (exact) mass is 499 g/mol. The summed E-state index contributed by atoms with van der Waals surface area (Å²) in [5.41, 5.74) is 1.19. The van der Waals surface area contributed by atoms with E-state index in [4.69, 9.17) is 9.47 Å². The summed E-state index contributed by atoms with van der Waals surface area (Å²) < 4.78 is 11.3. The molecule has 1 aliphatic heterocycles. The van der Waals surface area contributed by atoms with Crippen molar-refractivity contribution in [3.63, 3.8) is 0 Å². The van der Waals surface area contributed by atoms with Crippen LogP contribution in [0.15, 0.2) is 24.3 Å². The lowest BCUT2D eigenvalue weighted by molar-refractivity contribution is -0.162. The van der Waals surface area contributed by atoms with E-state index in [1.165, 1.54) is 5.56 Å². The summed E-state index contributed by atoms with van der Waals surface area (Å²) in [6.07, 6.45) is 1.24. The molecule has 0 aliphatic carbocycles. The van der Waals surface area contributed by atoms with Crippen LogP contribution in [0.25, 0.3) is 0 Å². The number of H-pyrrole nitrogens is 1. The maximum atomic E-state index is 13.2. The first-order chi connectivity index (χ1) is 16.7. The molecule has 0 bridgehead atoms. The zero-order chi connectivity index (χ0) is 26.7. The number of tetrazole rings is 1. The second-order valence-electron chi connectivity index (χ2n) is 12.1. The molecule has 1 aliphatic rings. The Balaban J connectivity index is 1.74. The molecule has 1 N–H and O–H groups in total. The first-order valence-electron chi connectivity index (χ1n) is 12.8. The van der Waals surface area contributed by atoms with Crippen LogP contribution in [0.1, 0.15) is 90.6 Å². The fraction of sp³-hybridized carbons (Fsp3) is 0.667. The number of aromatic amines is 1. The van der Waals surface area contributed by atoms with E-state index in [1.54, 1.807) is 4.90 Å². The number of hydrogen-bond donors (Lipinski definition) is 1. The van der Waals surface area contributed by atoms with E-state index in [0.717, 1.165) is 12.0 Å². The minimum absolute atomic E-state index is 0.0338. The third kappa shape index (κ3) is 7.51. The van der Waals surface area contributed by atoms with Crippen molar-refractivity contribution in [3.8, 4) is 0 Å². The van der Waals surface area contributed by atoms with Crippen molar-refractivity contribution < 1.29 is 19.1 Å². The van der Waals surface area contributed by atoms with Crippen LogP contribution in [0.4, 0.5) is 4.79 Å². The van der Waals surface area contributed by atoms with Gasteiger partial charge in [0.25, 0.3) is 0 Å². The predicted octanol–water partition coefficient (Wildman–Crippen LogP) is 4.86. The highest BCUT2D eigenvalue weighted by molar-refractivity contribution is 5.74. The Kier molecular flexibility index (Phi) is 8.41. The number of benzene rings is 1. The smallest absolute Gasteiger partial charge is 0.410 e. The Morgan fingerprint density at radius 1 is 1.06 bits per heavy atom. The van der Waals surface area contributed by atoms with Crippen molar-refractivity contribution in [1.82, 2.24) is 25.5 Å². The lowest BCUT2D eigenvalue weighted by atomic mass is 9.79. The topological polar surface area (TPSA) is 110 Å². The van der Waals surface area contributed by atoms with Gasteiger partial charge in [0.15, 0.2) is 5.82 Å². The van der Waals surface area contributed by atoms with E-state index in [0.29, 0.717) is 25.3 Å². The first kappa shape index (κ1) is 27.6. The van der Waals surface area contributed by atoms with Gasteiger partial charge in [-0.1, -0.05) is 38.1 Å². The molecular formula is C27H41N5O4. The molecule has 2 heterocycles. The van der Waals surface area contributed by atoms with E-state index in [1.807, 2.05) is 55.4 Å². The highest BCUT2D eigenvalue weighted by Gasteiger charge is 2.37. The zero-order valence-corrected chi connectivity index (χ0v) is 22.9. The van der Waals surface area contributed by atoms with Crippen molar-refractivity contribution >= 4 is 12.1 Å². The minimum Gasteiger partial charge on any atom is -0.460 e. The summed E-state index contributed by atoms with van der Waals surface area (Å²) in [7, 11) is 0. The van der Waals surface area contributed by atoms with E-state index in [9.17, 15) is 9.59 Å². The Bertz CT molecular complexity index is 1010. The molecular weight excluding hydrogens is 458 g/mol.